The summed E-state index contributed by atoms with van der Waals surface area (Å²) in [6, 6.07) is 13.1. The van der Waals surface area contributed by atoms with Crippen LogP contribution in [0.5, 0.6) is 5.75 Å². The quantitative estimate of drug-likeness (QED) is 0.580. The highest BCUT2D eigenvalue weighted by Crippen LogP contribution is 2.22. The van der Waals surface area contributed by atoms with Crippen LogP contribution in [-0.2, 0) is 14.8 Å². The molecular weight excluding hydrogens is 432 g/mol. The van der Waals surface area contributed by atoms with Crippen molar-refractivity contribution in [3.8, 4) is 17.2 Å². The van der Waals surface area contributed by atoms with Crippen LogP contribution in [0.3, 0.4) is 0 Å². The molecule has 32 heavy (non-hydrogen) atoms. The van der Waals surface area contributed by atoms with Crippen molar-refractivity contribution in [1.82, 2.24) is 14.5 Å². The molecule has 2 heterocycles. The first-order chi connectivity index (χ1) is 15.5. The van der Waals surface area contributed by atoms with E-state index >= 15 is 0 Å². The zero-order valence-electron chi connectivity index (χ0n) is 17.4. The van der Waals surface area contributed by atoms with Crippen molar-refractivity contribution in [1.29, 1.82) is 0 Å². The summed E-state index contributed by atoms with van der Waals surface area (Å²) in [5.74, 6) is 0.562. The van der Waals surface area contributed by atoms with Gasteiger partial charge in [0.2, 0.25) is 22.3 Å². The van der Waals surface area contributed by atoms with Crippen LogP contribution in [0.2, 0.25) is 0 Å². The van der Waals surface area contributed by atoms with Crippen molar-refractivity contribution in [2.45, 2.75) is 30.6 Å². The number of ether oxygens (including phenoxy) is 1. The number of carbonyl (C=O) groups is 1. The minimum atomic E-state index is -3.52. The second-order valence-corrected chi connectivity index (χ2v) is 9.39. The molecule has 10 heteroatoms. The SMILES string of the molecule is O=C(COc1ccc(-c2nnco2)cc1)Nc1ccc(S(=O)(=O)N2CCCCCC2)cc1. The number of anilines is 1. The van der Waals surface area contributed by atoms with E-state index in [1.807, 2.05) is 0 Å². The average molecular weight is 457 g/mol. The topological polar surface area (TPSA) is 115 Å². The lowest BCUT2D eigenvalue weighted by Gasteiger charge is -2.20. The van der Waals surface area contributed by atoms with Crippen molar-refractivity contribution < 1.29 is 22.4 Å². The van der Waals surface area contributed by atoms with Gasteiger partial charge in [-0.2, -0.15) is 4.31 Å². The summed E-state index contributed by atoms with van der Waals surface area (Å²) in [4.78, 5) is 12.4. The van der Waals surface area contributed by atoms with Gasteiger partial charge in [0.1, 0.15) is 5.75 Å². The van der Waals surface area contributed by atoms with Crippen molar-refractivity contribution in [3.05, 3.63) is 54.9 Å². The molecule has 4 rings (SSSR count). The number of aromatic nitrogens is 2. The summed E-state index contributed by atoms with van der Waals surface area (Å²) in [7, 11) is -3.52. The van der Waals surface area contributed by atoms with Crippen LogP contribution < -0.4 is 10.1 Å². The molecule has 1 aliphatic rings. The zero-order valence-corrected chi connectivity index (χ0v) is 18.3. The van der Waals surface area contributed by atoms with Gasteiger partial charge in [-0.25, -0.2) is 8.42 Å². The number of hydrogen-bond acceptors (Lipinski definition) is 7. The molecule has 1 N–H and O–H groups in total. The Morgan fingerprint density at radius 2 is 1.69 bits per heavy atom. The van der Waals surface area contributed by atoms with Crippen molar-refractivity contribution in [2.24, 2.45) is 0 Å². The molecule has 9 nitrogen and oxygen atoms in total. The molecule has 2 aromatic carbocycles. The Balaban J connectivity index is 1.31. The molecule has 0 spiro atoms. The van der Waals surface area contributed by atoms with Gasteiger partial charge in [0.15, 0.2) is 6.61 Å². The summed E-state index contributed by atoms with van der Waals surface area (Å²) < 4.78 is 37.8. The van der Waals surface area contributed by atoms with Crippen LogP contribution in [0.25, 0.3) is 11.5 Å². The average Bonchev–Trinajstić information content (AvgIpc) is 3.20. The summed E-state index contributed by atoms with van der Waals surface area (Å²) in [5.41, 5.74) is 1.25. The highest BCUT2D eigenvalue weighted by atomic mass is 32.2. The van der Waals surface area contributed by atoms with E-state index in [0.717, 1.165) is 31.2 Å². The maximum Gasteiger partial charge on any atom is 0.262 e. The fourth-order valence-corrected chi connectivity index (χ4v) is 5.00. The van der Waals surface area contributed by atoms with Crippen LogP contribution in [0.4, 0.5) is 5.69 Å². The van der Waals surface area contributed by atoms with Gasteiger partial charge in [-0.3, -0.25) is 4.79 Å². The van der Waals surface area contributed by atoms with Crippen LogP contribution >= 0.6 is 0 Å². The fourth-order valence-electron chi connectivity index (χ4n) is 3.48. The number of nitrogens with zero attached hydrogens (tertiary/aromatic N) is 3. The van der Waals surface area contributed by atoms with E-state index in [-0.39, 0.29) is 17.4 Å². The molecule has 0 radical (unpaired) electrons. The second kappa shape index (κ2) is 9.92. The summed E-state index contributed by atoms with van der Waals surface area (Å²) in [6.07, 6.45) is 5.13. The largest absolute Gasteiger partial charge is 0.484 e. The van der Waals surface area contributed by atoms with E-state index in [1.165, 1.54) is 18.5 Å². The molecule has 0 unspecified atom stereocenters. The number of benzene rings is 2. The van der Waals surface area contributed by atoms with Crippen molar-refractivity contribution in [3.63, 3.8) is 0 Å². The Labute approximate surface area is 186 Å². The number of hydrogen-bond donors (Lipinski definition) is 1. The molecule has 0 saturated carbocycles. The molecule has 1 aromatic heterocycles. The number of carbonyl (C=O) groups excluding carboxylic acids is 1. The third-order valence-electron chi connectivity index (χ3n) is 5.17. The van der Waals surface area contributed by atoms with Crippen LogP contribution in [-0.4, -0.2) is 48.5 Å². The fraction of sp³-hybridized carbons (Fsp3) is 0.318. The number of rotatable bonds is 7. The third kappa shape index (κ3) is 5.32. The van der Waals surface area contributed by atoms with Gasteiger partial charge in [-0.15, -0.1) is 10.2 Å². The molecule has 168 valence electrons. The Bertz CT molecular complexity index is 1120. The lowest BCUT2D eigenvalue weighted by molar-refractivity contribution is -0.118. The van der Waals surface area contributed by atoms with Gasteiger partial charge in [0.05, 0.1) is 4.90 Å². The summed E-state index contributed by atoms with van der Waals surface area (Å²) in [5, 5.41) is 10.2. The van der Waals surface area contributed by atoms with Gasteiger partial charge >= 0.3 is 0 Å². The smallest absolute Gasteiger partial charge is 0.262 e. The first kappa shape index (κ1) is 22.0. The molecule has 3 aromatic rings. The van der Waals surface area contributed by atoms with Crippen LogP contribution in [0, 0.1) is 0 Å². The first-order valence-electron chi connectivity index (χ1n) is 10.4. The molecular formula is C22H24N4O5S. The molecule has 1 fully saturated rings. The van der Waals surface area contributed by atoms with Crippen molar-refractivity contribution in [2.75, 3.05) is 25.0 Å². The number of sulfonamides is 1. The molecule has 1 amide bonds. The molecule has 0 aliphatic carbocycles. The Hall–Kier alpha value is -3.24. The van der Waals surface area contributed by atoms with Gasteiger partial charge in [-0.1, -0.05) is 12.8 Å². The molecule has 0 atom stereocenters. The summed E-state index contributed by atoms with van der Waals surface area (Å²) >= 11 is 0. The van der Waals surface area contributed by atoms with E-state index in [4.69, 9.17) is 9.15 Å². The predicted molar refractivity (Wildman–Crippen MR) is 118 cm³/mol. The van der Waals surface area contributed by atoms with Crippen molar-refractivity contribution >= 4 is 21.6 Å². The standard InChI is InChI=1S/C22H24N4O5S/c27-21(15-30-19-9-5-17(6-10-19)22-25-23-16-31-22)24-18-7-11-20(12-8-18)32(28,29)26-13-3-1-2-4-14-26/h5-12,16H,1-4,13-15H2,(H,24,27). The van der Waals surface area contributed by atoms with Gasteiger partial charge < -0.3 is 14.5 Å². The van der Waals surface area contributed by atoms with Crippen LogP contribution in [0.15, 0.2) is 64.2 Å². The van der Waals surface area contributed by atoms with Gasteiger partial charge in [0.25, 0.3) is 5.91 Å². The van der Waals surface area contributed by atoms with E-state index in [1.54, 1.807) is 40.7 Å². The predicted octanol–water partition coefficient (Wildman–Crippen LogP) is 3.32. The highest BCUT2D eigenvalue weighted by molar-refractivity contribution is 7.89. The maximum atomic E-state index is 12.8. The normalized spacial score (nSPS) is 15.1. The van der Waals surface area contributed by atoms with Gasteiger partial charge in [0, 0.05) is 24.3 Å². The highest BCUT2D eigenvalue weighted by Gasteiger charge is 2.25. The minimum absolute atomic E-state index is 0.187. The third-order valence-corrected chi connectivity index (χ3v) is 7.08. The molecule has 0 bridgehead atoms. The van der Waals surface area contributed by atoms with E-state index in [2.05, 4.69) is 15.5 Å². The Morgan fingerprint density at radius 1 is 1.00 bits per heavy atom. The second-order valence-electron chi connectivity index (χ2n) is 7.45. The van der Waals surface area contributed by atoms with E-state index in [9.17, 15) is 13.2 Å². The minimum Gasteiger partial charge on any atom is -0.484 e. The lowest BCUT2D eigenvalue weighted by Crippen LogP contribution is -2.31. The first-order valence-corrected chi connectivity index (χ1v) is 11.9. The molecule has 1 aliphatic heterocycles. The lowest BCUT2D eigenvalue weighted by atomic mass is 10.2. The number of amides is 1. The Morgan fingerprint density at radius 3 is 2.31 bits per heavy atom. The maximum absolute atomic E-state index is 12.8. The number of nitrogens with one attached hydrogen (secondary N) is 1. The van der Waals surface area contributed by atoms with Gasteiger partial charge in [-0.05, 0) is 61.4 Å². The van der Waals surface area contributed by atoms with Crippen LogP contribution in [0.1, 0.15) is 25.7 Å². The summed E-state index contributed by atoms with van der Waals surface area (Å²) in [6.45, 7) is 0.913. The zero-order chi connectivity index (χ0) is 22.4. The Kier molecular flexibility index (Phi) is 6.81. The monoisotopic (exact) mass is 456 g/mol. The molecule has 1 saturated heterocycles. The van der Waals surface area contributed by atoms with E-state index in [0.29, 0.717) is 30.4 Å². The van der Waals surface area contributed by atoms with E-state index < -0.39 is 10.0 Å².